The van der Waals surface area contributed by atoms with Crippen molar-refractivity contribution < 1.29 is 14.1 Å². The van der Waals surface area contributed by atoms with Crippen molar-refractivity contribution in [2.75, 3.05) is 6.54 Å². The second-order valence-corrected chi connectivity index (χ2v) is 9.07. The van der Waals surface area contributed by atoms with Crippen LogP contribution in [0.1, 0.15) is 66.0 Å². The third-order valence-electron chi connectivity index (χ3n) is 5.94. The number of primary amides is 1. The van der Waals surface area contributed by atoms with Gasteiger partial charge in [-0.15, -0.1) is 11.3 Å². The Morgan fingerprint density at radius 1 is 1.26 bits per heavy atom. The first-order valence-corrected chi connectivity index (χ1v) is 11.8. The second-order valence-electron chi connectivity index (χ2n) is 8.02. The number of thiophene rings is 1. The molecule has 1 aliphatic rings. The predicted molar refractivity (Wildman–Crippen MR) is 120 cm³/mol. The summed E-state index contributed by atoms with van der Waals surface area (Å²) in [4.78, 5) is 32.2. The molecule has 3 heterocycles. The number of amides is 2. The molecule has 31 heavy (non-hydrogen) atoms. The van der Waals surface area contributed by atoms with Gasteiger partial charge in [-0.2, -0.15) is 4.98 Å². The van der Waals surface area contributed by atoms with Gasteiger partial charge < -0.3 is 15.2 Å². The molecule has 2 aromatic heterocycles. The number of fused-ring (bicyclic) bond motifs is 1. The van der Waals surface area contributed by atoms with Crippen LogP contribution in [-0.4, -0.2) is 39.4 Å². The highest BCUT2D eigenvalue weighted by atomic mass is 32.1. The van der Waals surface area contributed by atoms with Gasteiger partial charge in [0.2, 0.25) is 11.8 Å². The predicted octanol–water partition coefficient (Wildman–Crippen LogP) is 3.89. The van der Waals surface area contributed by atoms with Crippen molar-refractivity contribution in [2.45, 2.75) is 64.3 Å². The van der Waals surface area contributed by atoms with E-state index in [1.165, 1.54) is 11.3 Å². The van der Waals surface area contributed by atoms with E-state index in [9.17, 15) is 9.59 Å². The molecule has 0 spiro atoms. The Labute approximate surface area is 185 Å². The van der Waals surface area contributed by atoms with Gasteiger partial charge in [0.05, 0.1) is 4.88 Å². The van der Waals surface area contributed by atoms with E-state index in [0.717, 1.165) is 47.9 Å². The first-order valence-electron chi connectivity index (χ1n) is 11.0. The van der Waals surface area contributed by atoms with E-state index in [-0.39, 0.29) is 11.9 Å². The zero-order valence-electron chi connectivity index (χ0n) is 17.8. The summed E-state index contributed by atoms with van der Waals surface area (Å²) in [5.74, 6) is 0.879. The van der Waals surface area contributed by atoms with E-state index < -0.39 is 5.91 Å². The lowest BCUT2D eigenvalue weighted by Crippen LogP contribution is -2.41. The van der Waals surface area contributed by atoms with Gasteiger partial charge in [-0.05, 0) is 36.3 Å². The van der Waals surface area contributed by atoms with E-state index >= 15 is 0 Å². The van der Waals surface area contributed by atoms with Crippen LogP contribution in [0.15, 0.2) is 28.8 Å². The number of nitrogens with two attached hydrogens (primary N) is 1. The highest BCUT2D eigenvalue weighted by Gasteiger charge is 2.28. The average molecular weight is 441 g/mol. The van der Waals surface area contributed by atoms with Gasteiger partial charge in [-0.1, -0.05) is 43.1 Å². The minimum absolute atomic E-state index is 0.0556. The molecule has 164 valence electrons. The lowest BCUT2D eigenvalue weighted by Gasteiger charge is -2.30. The van der Waals surface area contributed by atoms with E-state index in [1.54, 1.807) is 0 Å². The van der Waals surface area contributed by atoms with Crippen LogP contribution in [0, 0.1) is 0 Å². The maximum Gasteiger partial charge on any atom is 0.259 e. The van der Waals surface area contributed by atoms with E-state index in [1.807, 2.05) is 36.1 Å². The summed E-state index contributed by atoms with van der Waals surface area (Å²) in [6.07, 6.45) is 6.25. The third-order valence-corrected chi connectivity index (χ3v) is 7.17. The van der Waals surface area contributed by atoms with Gasteiger partial charge >= 0.3 is 0 Å². The second kappa shape index (κ2) is 9.60. The largest absolute Gasteiger partial charge is 0.365 e. The summed E-state index contributed by atoms with van der Waals surface area (Å²) in [6, 6.07) is 8.06. The molecule has 0 unspecified atom stereocenters. The zero-order valence-corrected chi connectivity index (χ0v) is 18.6. The summed E-state index contributed by atoms with van der Waals surface area (Å²) in [6.45, 7) is 2.71. The Morgan fingerprint density at radius 3 is 2.87 bits per heavy atom. The number of likely N-dealkylation sites (tertiary alicyclic amines) is 1. The van der Waals surface area contributed by atoms with Crippen molar-refractivity contribution in [3.63, 3.8) is 0 Å². The number of benzene rings is 1. The van der Waals surface area contributed by atoms with Crippen LogP contribution in [0.25, 0.3) is 10.1 Å². The molecule has 4 rings (SSSR count). The van der Waals surface area contributed by atoms with Crippen molar-refractivity contribution in [1.29, 1.82) is 0 Å². The van der Waals surface area contributed by atoms with E-state index in [2.05, 4.69) is 10.1 Å². The summed E-state index contributed by atoms with van der Waals surface area (Å²) in [7, 11) is 0. The minimum Gasteiger partial charge on any atom is -0.365 e. The lowest BCUT2D eigenvalue weighted by atomic mass is 9.97. The van der Waals surface area contributed by atoms with Crippen molar-refractivity contribution in [3.8, 4) is 0 Å². The third kappa shape index (κ3) is 4.79. The molecular formula is C23H28N4O3S. The van der Waals surface area contributed by atoms with Crippen LogP contribution >= 0.6 is 11.3 Å². The van der Waals surface area contributed by atoms with E-state index in [0.29, 0.717) is 42.3 Å². The van der Waals surface area contributed by atoms with Crippen molar-refractivity contribution in [2.24, 2.45) is 5.73 Å². The first-order chi connectivity index (χ1) is 15.1. The SMILES string of the molecule is CCc1noc(CCC(=O)N2CCCCC[C@@H]2Cc2c(C(N)=O)sc3ccccc23)n1. The van der Waals surface area contributed by atoms with Gasteiger partial charge in [-0.3, -0.25) is 9.59 Å². The van der Waals surface area contributed by atoms with Crippen LogP contribution in [0.4, 0.5) is 0 Å². The zero-order chi connectivity index (χ0) is 21.8. The quantitative estimate of drug-likeness (QED) is 0.600. The molecule has 1 fully saturated rings. The standard InChI is InChI=1S/C23H28N4O3S/c1-2-19-25-20(30-26-19)11-12-21(28)27-13-7-3-4-8-15(27)14-17-16-9-5-6-10-18(16)31-22(17)23(24)29/h5-6,9-10,15H,2-4,7-8,11-14H2,1H3,(H2,24,29)/t15-/m1/s1. The van der Waals surface area contributed by atoms with Gasteiger partial charge in [0.25, 0.3) is 5.91 Å². The summed E-state index contributed by atoms with van der Waals surface area (Å²) in [5, 5.41) is 4.97. The number of carbonyl (C=O) groups excluding carboxylic acids is 2. The van der Waals surface area contributed by atoms with Gasteiger partial charge in [0, 0.05) is 36.5 Å². The molecule has 3 aromatic rings. The highest BCUT2D eigenvalue weighted by molar-refractivity contribution is 7.21. The Balaban J connectivity index is 1.54. The summed E-state index contributed by atoms with van der Waals surface area (Å²) < 4.78 is 6.29. The van der Waals surface area contributed by atoms with Crippen molar-refractivity contribution in [1.82, 2.24) is 15.0 Å². The fourth-order valence-corrected chi connectivity index (χ4v) is 5.43. The summed E-state index contributed by atoms with van der Waals surface area (Å²) in [5.41, 5.74) is 6.68. The molecule has 1 aromatic carbocycles. The van der Waals surface area contributed by atoms with Gasteiger partial charge in [-0.25, -0.2) is 0 Å². The average Bonchev–Trinajstić information content (AvgIpc) is 3.31. The van der Waals surface area contributed by atoms with Crippen LogP contribution < -0.4 is 5.73 Å². The highest BCUT2D eigenvalue weighted by Crippen LogP contribution is 2.34. The molecule has 8 heteroatoms. The number of nitrogens with zero attached hydrogens (tertiary/aromatic N) is 3. The van der Waals surface area contributed by atoms with Gasteiger partial charge in [0.15, 0.2) is 5.82 Å². The molecular weight excluding hydrogens is 412 g/mol. The lowest BCUT2D eigenvalue weighted by molar-refractivity contribution is -0.133. The fourth-order valence-electron chi connectivity index (χ4n) is 4.35. The Kier molecular flexibility index (Phi) is 6.65. The first kappa shape index (κ1) is 21.5. The number of hydrogen-bond acceptors (Lipinski definition) is 6. The van der Waals surface area contributed by atoms with E-state index in [4.69, 9.17) is 10.3 Å². The smallest absolute Gasteiger partial charge is 0.259 e. The van der Waals surface area contributed by atoms with Crippen molar-refractivity contribution >= 4 is 33.2 Å². The van der Waals surface area contributed by atoms with Crippen molar-refractivity contribution in [3.05, 3.63) is 46.4 Å². The monoisotopic (exact) mass is 440 g/mol. The molecule has 0 aliphatic carbocycles. The normalized spacial score (nSPS) is 17.1. The number of aromatic nitrogens is 2. The Morgan fingerprint density at radius 2 is 2.10 bits per heavy atom. The topological polar surface area (TPSA) is 102 Å². The number of hydrogen-bond donors (Lipinski definition) is 1. The Bertz CT molecular complexity index is 1070. The van der Waals surface area contributed by atoms with Crippen LogP contribution in [0.2, 0.25) is 0 Å². The van der Waals surface area contributed by atoms with Crippen LogP contribution in [-0.2, 0) is 24.1 Å². The molecule has 1 saturated heterocycles. The number of carbonyl (C=O) groups is 2. The number of rotatable bonds is 7. The fraction of sp³-hybridized carbons (Fsp3) is 0.478. The molecule has 7 nitrogen and oxygen atoms in total. The number of aryl methyl sites for hydroxylation is 2. The van der Waals surface area contributed by atoms with Crippen LogP contribution in [0.3, 0.4) is 0 Å². The molecule has 2 amide bonds. The molecule has 2 N–H and O–H groups in total. The maximum atomic E-state index is 13.2. The molecule has 0 bridgehead atoms. The summed E-state index contributed by atoms with van der Waals surface area (Å²) >= 11 is 1.44. The molecule has 0 saturated carbocycles. The molecule has 1 aliphatic heterocycles. The maximum absolute atomic E-state index is 13.2. The van der Waals surface area contributed by atoms with Crippen LogP contribution in [0.5, 0.6) is 0 Å². The van der Waals surface area contributed by atoms with Gasteiger partial charge in [0.1, 0.15) is 0 Å². The molecule has 0 radical (unpaired) electrons. The minimum atomic E-state index is -0.397. The Hall–Kier alpha value is -2.74. The molecule has 1 atom stereocenters.